The number of hydrogen-bond donors (Lipinski definition) is 1. The molecule has 0 radical (unpaired) electrons. The molecule has 0 saturated carbocycles. The van der Waals surface area contributed by atoms with E-state index in [4.69, 9.17) is 13.9 Å². The molecule has 2 aliphatic rings. The normalized spacial score (nSPS) is 18.5. The van der Waals surface area contributed by atoms with Gasteiger partial charge in [0.05, 0.1) is 11.2 Å². The van der Waals surface area contributed by atoms with Crippen molar-refractivity contribution < 1.29 is 27.1 Å². The van der Waals surface area contributed by atoms with E-state index in [-0.39, 0.29) is 22.8 Å². The van der Waals surface area contributed by atoms with Gasteiger partial charge in [-0.05, 0) is 50.5 Å². The van der Waals surface area contributed by atoms with Gasteiger partial charge >= 0.3 is 0 Å². The van der Waals surface area contributed by atoms with E-state index in [1.807, 2.05) is 19.1 Å². The van der Waals surface area contributed by atoms with Crippen LogP contribution in [-0.4, -0.2) is 51.0 Å². The highest BCUT2D eigenvalue weighted by Crippen LogP contribution is 2.34. The van der Waals surface area contributed by atoms with Gasteiger partial charge in [-0.2, -0.15) is 4.31 Å². The van der Waals surface area contributed by atoms with Crippen LogP contribution in [0.4, 0.5) is 0 Å². The summed E-state index contributed by atoms with van der Waals surface area (Å²) in [5, 5.41) is 3.05. The molecule has 0 spiro atoms. The van der Waals surface area contributed by atoms with Crippen LogP contribution in [-0.2, 0) is 21.2 Å². The lowest BCUT2D eigenvalue weighted by Crippen LogP contribution is -2.44. The molecule has 0 bridgehead atoms. The van der Waals surface area contributed by atoms with E-state index in [0.717, 1.165) is 18.6 Å². The Morgan fingerprint density at radius 1 is 1.16 bits per heavy atom. The summed E-state index contributed by atoms with van der Waals surface area (Å²) >= 11 is 0. The summed E-state index contributed by atoms with van der Waals surface area (Å²) < 4.78 is 43.8. The van der Waals surface area contributed by atoms with E-state index in [9.17, 15) is 13.2 Å². The maximum atomic E-state index is 13.0. The molecule has 3 heterocycles. The Morgan fingerprint density at radius 3 is 2.61 bits per heavy atom. The zero-order valence-corrected chi connectivity index (χ0v) is 18.4. The fraction of sp³-hybridized carbons (Fsp3) is 0.500. The molecule has 1 N–H and O–H groups in total. The summed E-state index contributed by atoms with van der Waals surface area (Å²) in [5.41, 5.74) is 0. The Bertz CT molecular complexity index is 997. The van der Waals surface area contributed by atoms with E-state index in [2.05, 4.69) is 5.32 Å². The Morgan fingerprint density at radius 2 is 1.90 bits per heavy atom. The molecule has 4 rings (SSSR count). The second-order valence-electron chi connectivity index (χ2n) is 8.01. The third-order valence-electron chi connectivity index (χ3n) is 5.77. The molecule has 9 heteroatoms. The molecule has 0 aliphatic carbocycles. The largest absolute Gasteiger partial charge is 0.486 e. The van der Waals surface area contributed by atoms with Gasteiger partial charge in [0, 0.05) is 37.5 Å². The number of carbonyl (C=O) groups excluding carboxylic acids is 1. The number of ether oxygens (including phenoxy) is 2. The van der Waals surface area contributed by atoms with Gasteiger partial charge in [0.25, 0.3) is 0 Å². The van der Waals surface area contributed by atoms with Crippen LogP contribution in [0.25, 0.3) is 0 Å². The average Bonchev–Trinajstić information content (AvgIpc) is 3.31. The molecule has 2 aromatic rings. The fourth-order valence-corrected chi connectivity index (χ4v) is 5.42. The Hall–Kier alpha value is -2.52. The molecule has 1 fully saturated rings. The monoisotopic (exact) mass is 448 g/mol. The second-order valence-corrected chi connectivity index (χ2v) is 9.95. The fourth-order valence-electron chi connectivity index (χ4n) is 3.94. The number of nitrogens with zero attached hydrogens (tertiary/aromatic N) is 1. The van der Waals surface area contributed by atoms with Crippen molar-refractivity contribution in [2.24, 2.45) is 5.92 Å². The van der Waals surface area contributed by atoms with Crippen LogP contribution in [0.15, 0.2) is 45.9 Å². The molecular formula is C22H28N2O6S. The van der Waals surface area contributed by atoms with Crippen LogP contribution < -0.4 is 14.8 Å². The third kappa shape index (κ3) is 5.04. The summed E-state index contributed by atoms with van der Waals surface area (Å²) in [4.78, 5) is 12.8. The number of fused-ring (bicyclic) bond motifs is 1. The third-order valence-corrected chi connectivity index (χ3v) is 7.66. The number of piperidine rings is 1. The Kier molecular flexibility index (Phi) is 6.52. The zero-order valence-electron chi connectivity index (χ0n) is 17.6. The highest BCUT2D eigenvalue weighted by Gasteiger charge is 2.33. The SMILES string of the molecule is C[C@H](CCc1ccco1)NC(=O)C1CCN(S(=O)(=O)c2ccc3c(c2)OCCO3)CC1. The van der Waals surface area contributed by atoms with Crippen molar-refractivity contribution in [3.63, 3.8) is 0 Å². The van der Waals surface area contributed by atoms with Crippen molar-refractivity contribution >= 4 is 15.9 Å². The van der Waals surface area contributed by atoms with Crippen molar-refractivity contribution in [2.75, 3.05) is 26.3 Å². The molecule has 1 atom stereocenters. The van der Waals surface area contributed by atoms with Crippen LogP contribution in [0.5, 0.6) is 11.5 Å². The van der Waals surface area contributed by atoms with Crippen LogP contribution in [0.1, 0.15) is 31.9 Å². The number of benzene rings is 1. The summed E-state index contributed by atoms with van der Waals surface area (Å²) in [6.07, 6.45) is 4.20. The summed E-state index contributed by atoms with van der Waals surface area (Å²) in [7, 11) is -3.65. The van der Waals surface area contributed by atoms with Crippen molar-refractivity contribution in [1.82, 2.24) is 9.62 Å². The predicted octanol–water partition coefficient (Wildman–Crippen LogP) is 2.59. The lowest BCUT2D eigenvalue weighted by atomic mass is 9.96. The van der Waals surface area contributed by atoms with Crippen LogP contribution in [0.3, 0.4) is 0 Å². The average molecular weight is 449 g/mol. The van der Waals surface area contributed by atoms with Crippen LogP contribution >= 0.6 is 0 Å². The Balaban J connectivity index is 1.30. The Labute approximate surface area is 182 Å². The number of hydrogen-bond acceptors (Lipinski definition) is 6. The van der Waals surface area contributed by atoms with Crippen LogP contribution in [0.2, 0.25) is 0 Å². The molecule has 168 valence electrons. The number of amides is 1. The number of rotatable bonds is 7. The van der Waals surface area contributed by atoms with Gasteiger partial charge < -0.3 is 19.2 Å². The molecule has 31 heavy (non-hydrogen) atoms. The predicted molar refractivity (Wildman–Crippen MR) is 114 cm³/mol. The lowest BCUT2D eigenvalue weighted by Gasteiger charge is -2.31. The number of nitrogens with one attached hydrogen (secondary N) is 1. The molecular weight excluding hydrogens is 420 g/mol. The van der Waals surface area contributed by atoms with Gasteiger partial charge in [-0.3, -0.25) is 4.79 Å². The molecule has 1 aromatic heterocycles. The first-order valence-corrected chi connectivity index (χ1v) is 12.1. The van der Waals surface area contributed by atoms with Crippen LogP contribution in [0, 0.1) is 5.92 Å². The summed E-state index contributed by atoms with van der Waals surface area (Å²) in [5.74, 6) is 1.71. The second kappa shape index (κ2) is 9.32. The van der Waals surface area contributed by atoms with Gasteiger partial charge in [-0.1, -0.05) is 0 Å². The minimum Gasteiger partial charge on any atom is -0.486 e. The standard InChI is InChI=1S/C22H28N2O6S/c1-16(4-5-18-3-2-12-28-18)23-22(25)17-8-10-24(11-9-17)31(26,27)19-6-7-20-21(15-19)30-14-13-29-20/h2-3,6-7,12,15-17H,4-5,8-11,13-14H2,1H3,(H,23,25)/t16-/m1/s1. The van der Waals surface area contributed by atoms with E-state index >= 15 is 0 Å². The van der Waals surface area contributed by atoms with E-state index < -0.39 is 10.0 Å². The molecule has 2 aliphatic heterocycles. The quantitative estimate of drug-likeness (QED) is 0.699. The minimum atomic E-state index is -3.65. The molecule has 1 aromatic carbocycles. The van der Waals surface area contributed by atoms with E-state index in [1.54, 1.807) is 18.4 Å². The summed E-state index contributed by atoms with van der Waals surface area (Å²) in [6.45, 7) is 3.46. The van der Waals surface area contributed by atoms with Crippen molar-refractivity contribution in [1.29, 1.82) is 0 Å². The number of sulfonamides is 1. The molecule has 8 nitrogen and oxygen atoms in total. The van der Waals surface area contributed by atoms with Gasteiger partial charge in [0.15, 0.2) is 11.5 Å². The topological polar surface area (TPSA) is 98.1 Å². The number of aryl methyl sites for hydroxylation is 1. The van der Waals surface area contributed by atoms with Crippen molar-refractivity contribution in [2.45, 2.75) is 43.5 Å². The van der Waals surface area contributed by atoms with Gasteiger partial charge in [0.2, 0.25) is 15.9 Å². The summed E-state index contributed by atoms with van der Waals surface area (Å²) in [6, 6.07) is 8.49. The highest BCUT2D eigenvalue weighted by molar-refractivity contribution is 7.89. The minimum absolute atomic E-state index is 0.0108. The maximum absolute atomic E-state index is 13.0. The first-order chi connectivity index (χ1) is 14.9. The van der Waals surface area contributed by atoms with E-state index in [0.29, 0.717) is 50.6 Å². The number of carbonyl (C=O) groups is 1. The maximum Gasteiger partial charge on any atom is 0.243 e. The smallest absolute Gasteiger partial charge is 0.243 e. The molecule has 1 amide bonds. The van der Waals surface area contributed by atoms with Gasteiger partial charge in [-0.15, -0.1) is 0 Å². The zero-order chi connectivity index (χ0) is 21.8. The number of furan rings is 1. The van der Waals surface area contributed by atoms with Crippen molar-refractivity contribution in [3.05, 3.63) is 42.4 Å². The van der Waals surface area contributed by atoms with Gasteiger partial charge in [0.1, 0.15) is 19.0 Å². The first-order valence-electron chi connectivity index (χ1n) is 10.7. The molecule has 1 saturated heterocycles. The van der Waals surface area contributed by atoms with Crippen molar-refractivity contribution in [3.8, 4) is 11.5 Å². The van der Waals surface area contributed by atoms with Gasteiger partial charge in [-0.25, -0.2) is 8.42 Å². The molecule has 0 unspecified atom stereocenters. The highest BCUT2D eigenvalue weighted by atomic mass is 32.2. The lowest BCUT2D eigenvalue weighted by molar-refractivity contribution is -0.126. The van der Waals surface area contributed by atoms with E-state index in [1.165, 1.54) is 10.4 Å². The first kappa shape index (κ1) is 21.7.